The molecule has 1 atom stereocenters. The van der Waals surface area contributed by atoms with Crippen molar-refractivity contribution in [3.8, 4) is 0 Å². The fourth-order valence-electron chi connectivity index (χ4n) is 1.70. The highest BCUT2D eigenvalue weighted by molar-refractivity contribution is 5.13. The van der Waals surface area contributed by atoms with E-state index in [1.165, 1.54) is 12.0 Å². The fraction of sp³-hybridized carbons (Fsp3) is 0.545. The molecule has 0 aliphatic carbocycles. The Morgan fingerprint density at radius 3 is 3.08 bits per heavy atom. The van der Waals surface area contributed by atoms with Crippen LogP contribution >= 0.6 is 0 Å². The van der Waals surface area contributed by atoms with Gasteiger partial charge in [-0.05, 0) is 37.3 Å². The Morgan fingerprint density at radius 2 is 2.46 bits per heavy atom. The number of hydrogen-bond acceptors (Lipinski definition) is 2. The monoisotopic (exact) mass is 177 g/mol. The summed E-state index contributed by atoms with van der Waals surface area (Å²) in [6, 6.07) is 4.24. The summed E-state index contributed by atoms with van der Waals surface area (Å²) in [5.41, 5.74) is 2.42. The molecule has 2 nitrogen and oxygen atoms in total. The summed E-state index contributed by atoms with van der Waals surface area (Å²) in [5.74, 6) is 0.713. The minimum Gasteiger partial charge on any atom is -0.381 e. The van der Waals surface area contributed by atoms with Crippen LogP contribution in [-0.4, -0.2) is 18.2 Å². The molecule has 0 bridgehead atoms. The molecule has 0 saturated carbocycles. The first-order valence-corrected chi connectivity index (χ1v) is 4.84. The van der Waals surface area contributed by atoms with Crippen LogP contribution in [0.2, 0.25) is 0 Å². The molecule has 13 heavy (non-hydrogen) atoms. The molecule has 0 amide bonds. The molecular weight excluding hydrogens is 162 g/mol. The molecule has 2 heterocycles. The SMILES string of the molecule is Cc1ccc(CC2CCOC2)cn1. The molecule has 1 aromatic heterocycles. The van der Waals surface area contributed by atoms with Crippen molar-refractivity contribution in [1.82, 2.24) is 4.98 Å². The molecule has 70 valence electrons. The summed E-state index contributed by atoms with van der Waals surface area (Å²) < 4.78 is 5.33. The maximum Gasteiger partial charge on any atom is 0.0498 e. The standard InChI is InChI=1S/C11H15NO/c1-9-2-3-10(7-12-9)6-11-4-5-13-8-11/h2-3,7,11H,4-6,8H2,1H3. The predicted octanol–water partition coefficient (Wildman–Crippen LogP) is 1.97. The van der Waals surface area contributed by atoms with Crippen LogP contribution in [0.4, 0.5) is 0 Å². The van der Waals surface area contributed by atoms with E-state index < -0.39 is 0 Å². The van der Waals surface area contributed by atoms with Crippen molar-refractivity contribution < 1.29 is 4.74 Å². The Kier molecular flexibility index (Phi) is 2.60. The van der Waals surface area contributed by atoms with E-state index >= 15 is 0 Å². The Labute approximate surface area is 78.9 Å². The molecule has 1 aliphatic heterocycles. The Morgan fingerprint density at radius 1 is 1.54 bits per heavy atom. The van der Waals surface area contributed by atoms with Crippen LogP contribution in [0.25, 0.3) is 0 Å². The van der Waals surface area contributed by atoms with Gasteiger partial charge in [0.2, 0.25) is 0 Å². The number of ether oxygens (including phenoxy) is 1. The third kappa shape index (κ3) is 2.28. The van der Waals surface area contributed by atoms with Gasteiger partial charge in [0.25, 0.3) is 0 Å². The molecule has 1 unspecified atom stereocenters. The van der Waals surface area contributed by atoms with Gasteiger partial charge in [0, 0.05) is 25.1 Å². The molecule has 0 N–H and O–H groups in total. The van der Waals surface area contributed by atoms with E-state index in [2.05, 4.69) is 17.1 Å². The van der Waals surface area contributed by atoms with Gasteiger partial charge < -0.3 is 4.74 Å². The number of rotatable bonds is 2. The minimum absolute atomic E-state index is 0.713. The smallest absolute Gasteiger partial charge is 0.0498 e. The van der Waals surface area contributed by atoms with E-state index in [9.17, 15) is 0 Å². The van der Waals surface area contributed by atoms with Crippen LogP contribution in [0.5, 0.6) is 0 Å². The Bertz CT molecular complexity index is 262. The summed E-state index contributed by atoms with van der Waals surface area (Å²) in [4.78, 5) is 4.28. The van der Waals surface area contributed by atoms with Gasteiger partial charge in [-0.2, -0.15) is 0 Å². The van der Waals surface area contributed by atoms with Crippen LogP contribution in [-0.2, 0) is 11.2 Å². The zero-order chi connectivity index (χ0) is 9.10. The first-order valence-electron chi connectivity index (χ1n) is 4.84. The molecule has 1 aromatic rings. The molecule has 0 radical (unpaired) electrons. The van der Waals surface area contributed by atoms with Gasteiger partial charge in [-0.25, -0.2) is 0 Å². The van der Waals surface area contributed by atoms with Crippen molar-refractivity contribution in [3.63, 3.8) is 0 Å². The van der Waals surface area contributed by atoms with Crippen LogP contribution in [0.1, 0.15) is 17.7 Å². The summed E-state index contributed by atoms with van der Waals surface area (Å²) in [6.45, 7) is 3.88. The molecule has 0 spiro atoms. The first-order chi connectivity index (χ1) is 6.34. The average Bonchev–Trinajstić information content (AvgIpc) is 2.62. The van der Waals surface area contributed by atoms with Crippen molar-refractivity contribution in [3.05, 3.63) is 29.6 Å². The summed E-state index contributed by atoms with van der Waals surface area (Å²) >= 11 is 0. The van der Waals surface area contributed by atoms with Crippen molar-refractivity contribution >= 4 is 0 Å². The average molecular weight is 177 g/mol. The van der Waals surface area contributed by atoms with E-state index in [0.717, 1.165) is 25.3 Å². The number of hydrogen-bond donors (Lipinski definition) is 0. The lowest BCUT2D eigenvalue weighted by molar-refractivity contribution is 0.186. The quantitative estimate of drug-likeness (QED) is 0.689. The Balaban J connectivity index is 1.97. The van der Waals surface area contributed by atoms with E-state index in [1.807, 2.05) is 13.1 Å². The third-order valence-corrected chi connectivity index (χ3v) is 2.52. The number of nitrogens with zero attached hydrogens (tertiary/aromatic N) is 1. The van der Waals surface area contributed by atoms with Gasteiger partial charge in [0.05, 0.1) is 0 Å². The van der Waals surface area contributed by atoms with Crippen LogP contribution in [0.3, 0.4) is 0 Å². The number of pyridine rings is 1. The van der Waals surface area contributed by atoms with Gasteiger partial charge in [-0.15, -0.1) is 0 Å². The van der Waals surface area contributed by atoms with Gasteiger partial charge >= 0.3 is 0 Å². The molecule has 2 rings (SSSR count). The molecule has 0 aromatic carbocycles. The summed E-state index contributed by atoms with van der Waals surface area (Å²) in [6.07, 6.45) is 4.30. The van der Waals surface area contributed by atoms with Crippen molar-refractivity contribution in [2.75, 3.05) is 13.2 Å². The maximum absolute atomic E-state index is 5.33. The second-order valence-electron chi connectivity index (χ2n) is 3.74. The van der Waals surface area contributed by atoms with Crippen molar-refractivity contribution in [1.29, 1.82) is 0 Å². The van der Waals surface area contributed by atoms with Gasteiger partial charge in [0.15, 0.2) is 0 Å². The highest BCUT2D eigenvalue weighted by Gasteiger charge is 2.15. The zero-order valence-electron chi connectivity index (χ0n) is 7.99. The van der Waals surface area contributed by atoms with Gasteiger partial charge in [-0.3, -0.25) is 4.98 Å². The topological polar surface area (TPSA) is 22.1 Å². The second kappa shape index (κ2) is 3.88. The van der Waals surface area contributed by atoms with Gasteiger partial charge in [-0.1, -0.05) is 6.07 Å². The molecule has 1 saturated heterocycles. The highest BCUT2D eigenvalue weighted by atomic mass is 16.5. The van der Waals surface area contributed by atoms with Crippen molar-refractivity contribution in [2.45, 2.75) is 19.8 Å². The van der Waals surface area contributed by atoms with Crippen LogP contribution < -0.4 is 0 Å². The third-order valence-electron chi connectivity index (χ3n) is 2.52. The van der Waals surface area contributed by atoms with E-state index in [4.69, 9.17) is 4.74 Å². The van der Waals surface area contributed by atoms with Crippen LogP contribution in [0.15, 0.2) is 18.3 Å². The molecule has 1 aliphatic rings. The lowest BCUT2D eigenvalue weighted by Crippen LogP contribution is -2.03. The molecule has 2 heteroatoms. The second-order valence-corrected chi connectivity index (χ2v) is 3.74. The minimum atomic E-state index is 0.713. The fourth-order valence-corrected chi connectivity index (χ4v) is 1.70. The lowest BCUT2D eigenvalue weighted by atomic mass is 10.00. The van der Waals surface area contributed by atoms with E-state index in [0.29, 0.717) is 5.92 Å². The molecule has 1 fully saturated rings. The summed E-state index contributed by atoms with van der Waals surface area (Å²) in [7, 11) is 0. The van der Waals surface area contributed by atoms with E-state index in [1.54, 1.807) is 0 Å². The zero-order valence-corrected chi connectivity index (χ0v) is 7.99. The maximum atomic E-state index is 5.33. The van der Waals surface area contributed by atoms with E-state index in [-0.39, 0.29) is 0 Å². The largest absolute Gasteiger partial charge is 0.381 e. The normalized spacial score (nSPS) is 22.1. The number of aromatic nitrogens is 1. The Hall–Kier alpha value is -0.890. The highest BCUT2D eigenvalue weighted by Crippen LogP contribution is 2.17. The summed E-state index contributed by atoms with van der Waals surface area (Å²) in [5, 5.41) is 0. The predicted molar refractivity (Wildman–Crippen MR) is 51.6 cm³/mol. The van der Waals surface area contributed by atoms with Gasteiger partial charge in [0.1, 0.15) is 0 Å². The van der Waals surface area contributed by atoms with Crippen molar-refractivity contribution in [2.24, 2.45) is 5.92 Å². The lowest BCUT2D eigenvalue weighted by Gasteiger charge is -2.06. The van der Waals surface area contributed by atoms with Crippen LogP contribution in [0, 0.1) is 12.8 Å². The number of aryl methyl sites for hydroxylation is 1. The molecular formula is C11H15NO. The first kappa shape index (κ1) is 8.70.